The van der Waals surface area contributed by atoms with Crippen molar-refractivity contribution in [3.63, 3.8) is 0 Å². The summed E-state index contributed by atoms with van der Waals surface area (Å²) in [7, 11) is 0. The molecule has 1 aliphatic rings. The van der Waals surface area contributed by atoms with Crippen molar-refractivity contribution >= 4 is 23.0 Å². The average Bonchev–Trinajstić information content (AvgIpc) is 2.75. The average molecular weight is 342 g/mol. The highest BCUT2D eigenvalue weighted by atomic mass is 16.1. The van der Waals surface area contributed by atoms with Crippen LogP contribution >= 0.6 is 0 Å². The lowest BCUT2D eigenvalue weighted by molar-refractivity contribution is -0.116. The van der Waals surface area contributed by atoms with Crippen LogP contribution in [0.25, 0.3) is 11.2 Å². The van der Waals surface area contributed by atoms with Gasteiger partial charge in [-0.05, 0) is 63.0 Å². The standard InChI is InChI=1S/C20H30N4O/c1-13-12-14(2)21-18-17(13)23-19(24(18)15-8-6-9-15)22-16(25)10-7-11-20(3,4)5/h12,15H,6-11H2,1-5H3,(H,22,23,25). The Bertz CT molecular complexity index is 781. The molecule has 2 heterocycles. The number of hydrogen-bond acceptors (Lipinski definition) is 3. The first-order valence-electron chi connectivity index (χ1n) is 9.40. The number of imidazole rings is 1. The predicted octanol–water partition coefficient (Wildman–Crippen LogP) is 4.93. The fourth-order valence-corrected chi connectivity index (χ4v) is 3.42. The second-order valence-corrected chi connectivity index (χ2v) is 8.61. The van der Waals surface area contributed by atoms with Crippen LogP contribution in [0.5, 0.6) is 0 Å². The van der Waals surface area contributed by atoms with E-state index in [2.05, 4.69) is 43.6 Å². The molecule has 1 saturated carbocycles. The summed E-state index contributed by atoms with van der Waals surface area (Å²) in [5.74, 6) is 0.719. The van der Waals surface area contributed by atoms with Crippen LogP contribution in [0, 0.1) is 19.3 Å². The molecule has 5 heteroatoms. The van der Waals surface area contributed by atoms with Gasteiger partial charge >= 0.3 is 0 Å². The van der Waals surface area contributed by atoms with Gasteiger partial charge in [0.05, 0.1) is 0 Å². The number of pyridine rings is 1. The van der Waals surface area contributed by atoms with Gasteiger partial charge in [0.2, 0.25) is 11.9 Å². The summed E-state index contributed by atoms with van der Waals surface area (Å²) in [6.45, 7) is 10.7. The summed E-state index contributed by atoms with van der Waals surface area (Å²) in [4.78, 5) is 21.9. The molecule has 1 amide bonds. The highest BCUT2D eigenvalue weighted by molar-refractivity contribution is 5.91. The lowest BCUT2D eigenvalue weighted by Crippen LogP contribution is -2.22. The number of rotatable bonds is 5. The molecule has 25 heavy (non-hydrogen) atoms. The Balaban J connectivity index is 1.83. The predicted molar refractivity (Wildman–Crippen MR) is 102 cm³/mol. The van der Waals surface area contributed by atoms with Gasteiger partial charge in [-0.15, -0.1) is 0 Å². The molecule has 0 aromatic carbocycles. The van der Waals surface area contributed by atoms with E-state index in [0.717, 1.165) is 48.1 Å². The van der Waals surface area contributed by atoms with Crippen molar-refractivity contribution in [1.29, 1.82) is 0 Å². The lowest BCUT2D eigenvalue weighted by atomic mass is 9.90. The summed E-state index contributed by atoms with van der Waals surface area (Å²) in [6.07, 6.45) is 5.97. The maximum atomic E-state index is 12.4. The van der Waals surface area contributed by atoms with Gasteiger partial charge in [-0.25, -0.2) is 9.97 Å². The lowest BCUT2D eigenvalue weighted by Gasteiger charge is -2.28. The third kappa shape index (κ3) is 4.02. The molecule has 0 spiro atoms. The van der Waals surface area contributed by atoms with E-state index in [1.807, 2.05) is 6.92 Å². The number of amides is 1. The second kappa shape index (κ2) is 6.77. The molecule has 0 atom stereocenters. The number of fused-ring (bicyclic) bond motifs is 1. The molecule has 136 valence electrons. The molecule has 1 aliphatic carbocycles. The topological polar surface area (TPSA) is 59.8 Å². The molecule has 0 bridgehead atoms. The third-order valence-electron chi connectivity index (χ3n) is 4.99. The van der Waals surface area contributed by atoms with Crippen LogP contribution in [0.1, 0.15) is 76.6 Å². The van der Waals surface area contributed by atoms with E-state index >= 15 is 0 Å². The van der Waals surface area contributed by atoms with Crippen LogP contribution in [0.15, 0.2) is 6.07 Å². The number of nitrogens with one attached hydrogen (secondary N) is 1. The Morgan fingerprint density at radius 1 is 1.28 bits per heavy atom. The molecule has 0 radical (unpaired) electrons. The Hall–Kier alpha value is -1.91. The Morgan fingerprint density at radius 3 is 2.60 bits per heavy atom. The van der Waals surface area contributed by atoms with Gasteiger partial charge in [0.25, 0.3) is 0 Å². The van der Waals surface area contributed by atoms with Gasteiger partial charge in [0.15, 0.2) is 5.65 Å². The first-order valence-corrected chi connectivity index (χ1v) is 9.40. The molecule has 1 N–H and O–H groups in total. The van der Waals surface area contributed by atoms with E-state index in [-0.39, 0.29) is 11.3 Å². The van der Waals surface area contributed by atoms with Gasteiger partial charge in [-0.2, -0.15) is 0 Å². The highest BCUT2D eigenvalue weighted by Gasteiger charge is 2.27. The monoisotopic (exact) mass is 342 g/mol. The van der Waals surface area contributed by atoms with Crippen molar-refractivity contribution in [2.75, 3.05) is 5.32 Å². The van der Waals surface area contributed by atoms with Gasteiger partial charge in [0.1, 0.15) is 5.52 Å². The molecule has 0 saturated heterocycles. The summed E-state index contributed by atoms with van der Waals surface area (Å²) in [5.41, 5.74) is 4.18. The van der Waals surface area contributed by atoms with E-state index in [0.29, 0.717) is 18.4 Å². The number of carbonyl (C=O) groups is 1. The molecule has 3 rings (SSSR count). The Morgan fingerprint density at radius 2 is 2.00 bits per heavy atom. The van der Waals surface area contributed by atoms with Crippen molar-refractivity contribution in [3.8, 4) is 0 Å². The van der Waals surface area contributed by atoms with Gasteiger partial charge in [-0.3, -0.25) is 14.7 Å². The first kappa shape index (κ1) is 17.9. The van der Waals surface area contributed by atoms with E-state index in [9.17, 15) is 4.79 Å². The Kier molecular flexibility index (Phi) is 4.85. The van der Waals surface area contributed by atoms with Gasteiger partial charge in [-0.1, -0.05) is 20.8 Å². The molecule has 2 aromatic rings. The smallest absolute Gasteiger partial charge is 0.226 e. The number of nitrogens with zero attached hydrogens (tertiary/aromatic N) is 3. The van der Waals surface area contributed by atoms with Crippen molar-refractivity contribution < 1.29 is 4.79 Å². The van der Waals surface area contributed by atoms with Crippen LogP contribution in [-0.4, -0.2) is 20.4 Å². The van der Waals surface area contributed by atoms with Crippen molar-refractivity contribution in [2.45, 2.75) is 79.2 Å². The molecule has 0 aliphatic heterocycles. The zero-order chi connectivity index (χ0) is 18.2. The quantitative estimate of drug-likeness (QED) is 0.838. The molecule has 2 aromatic heterocycles. The van der Waals surface area contributed by atoms with E-state index in [1.54, 1.807) is 0 Å². The number of carbonyl (C=O) groups excluding carboxylic acids is 1. The van der Waals surface area contributed by atoms with Crippen LogP contribution in [0.3, 0.4) is 0 Å². The van der Waals surface area contributed by atoms with Gasteiger partial charge in [0, 0.05) is 18.2 Å². The summed E-state index contributed by atoms with van der Waals surface area (Å²) in [6, 6.07) is 2.46. The van der Waals surface area contributed by atoms with Gasteiger partial charge < -0.3 is 0 Å². The minimum atomic E-state index is 0.0505. The van der Waals surface area contributed by atoms with Crippen LogP contribution in [0.2, 0.25) is 0 Å². The number of anilines is 1. The minimum absolute atomic E-state index is 0.0505. The maximum Gasteiger partial charge on any atom is 0.226 e. The van der Waals surface area contributed by atoms with E-state index in [1.165, 1.54) is 6.42 Å². The Labute approximate surface area is 150 Å². The zero-order valence-electron chi connectivity index (χ0n) is 16.1. The first-order chi connectivity index (χ1) is 11.7. The largest absolute Gasteiger partial charge is 0.296 e. The van der Waals surface area contributed by atoms with E-state index in [4.69, 9.17) is 9.97 Å². The molecule has 5 nitrogen and oxygen atoms in total. The van der Waals surface area contributed by atoms with Crippen molar-refractivity contribution in [2.24, 2.45) is 5.41 Å². The number of hydrogen-bond donors (Lipinski definition) is 1. The fraction of sp³-hybridized carbons (Fsp3) is 0.650. The molecule has 1 fully saturated rings. The summed E-state index contributed by atoms with van der Waals surface area (Å²) < 4.78 is 2.15. The number of aromatic nitrogens is 3. The normalized spacial score (nSPS) is 15.4. The summed E-state index contributed by atoms with van der Waals surface area (Å²) >= 11 is 0. The minimum Gasteiger partial charge on any atom is -0.296 e. The fourth-order valence-electron chi connectivity index (χ4n) is 3.42. The molecular weight excluding hydrogens is 312 g/mol. The summed E-state index contributed by atoms with van der Waals surface area (Å²) in [5, 5.41) is 3.05. The van der Waals surface area contributed by atoms with Crippen LogP contribution in [-0.2, 0) is 4.79 Å². The van der Waals surface area contributed by atoms with E-state index < -0.39 is 0 Å². The van der Waals surface area contributed by atoms with Crippen LogP contribution in [0.4, 0.5) is 5.95 Å². The zero-order valence-corrected chi connectivity index (χ0v) is 16.1. The third-order valence-corrected chi connectivity index (χ3v) is 4.99. The second-order valence-electron chi connectivity index (χ2n) is 8.61. The van der Waals surface area contributed by atoms with Crippen molar-refractivity contribution in [1.82, 2.24) is 14.5 Å². The highest BCUT2D eigenvalue weighted by Crippen LogP contribution is 2.37. The molecular formula is C20H30N4O. The SMILES string of the molecule is Cc1cc(C)c2nc(NC(=O)CCCC(C)(C)C)n(C3CCC3)c2n1. The van der Waals surface area contributed by atoms with Crippen molar-refractivity contribution in [3.05, 3.63) is 17.3 Å². The molecule has 0 unspecified atom stereocenters. The number of aryl methyl sites for hydroxylation is 2. The van der Waals surface area contributed by atoms with Crippen LogP contribution < -0.4 is 5.32 Å². The maximum absolute atomic E-state index is 12.4.